The van der Waals surface area contributed by atoms with Crippen molar-refractivity contribution in [3.8, 4) is 0 Å². The molecule has 0 aliphatic carbocycles. The highest BCUT2D eigenvalue weighted by Gasteiger charge is 2.35. The molecule has 1 aromatic heterocycles. The molecule has 1 fully saturated rings. The molecule has 0 radical (unpaired) electrons. The van der Waals surface area contributed by atoms with Gasteiger partial charge in [-0.2, -0.15) is 0 Å². The van der Waals surface area contributed by atoms with E-state index in [4.69, 9.17) is 0 Å². The summed E-state index contributed by atoms with van der Waals surface area (Å²) in [6.07, 6.45) is 2.95. The van der Waals surface area contributed by atoms with Gasteiger partial charge in [-0.3, -0.25) is 19.4 Å². The Hall–Kier alpha value is -4.02. The fourth-order valence-electron chi connectivity index (χ4n) is 5.01. The van der Waals surface area contributed by atoms with Crippen molar-refractivity contribution in [1.29, 1.82) is 0 Å². The van der Waals surface area contributed by atoms with Crippen molar-refractivity contribution in [3.63, 3.8) is 0 Å². The van der Waals surface area contributed by atoms with E-state index in [1.54, 1.807) is 31.3 Å². The molecule has 4 N–H and O–H groups in total. The van der Waals surface area contributed by atoms with Crippen LogP contribution in [0.1, 0.15) is 70.7 Å². The molecule has 4 amide bonds. The number of likely N-dealkylation sites (tertiary alicyclic amines) is 1. The molecule has 2 aromatic rings. The zero-order chi connectivity index (χ0) is 30.3. The third kappa shape index (κ3) is 8.48. The van der Waals surface area contributed by atoms with Gasteiger partial charge in [-0.25, -0.2) is 9.59 Å². The quantitative estimate of drug-likeness (QED) is 0.343. The highest BCUT2D eigenvalue weighted by Crippen LogP contribution is 2.19. The first-order valence-electron chi connectivity index (χ1n) is 14.1. The lowest BCUT2D eigenvalue weighted by Gasteiger charge is -2.28. The Bertz CT molecular complexity index is 1270. The van der Waals surface area contributed by atoms with Gasteiger partial charge in [0.1, 0.15) is 12.1 Å². The number of fused-ring (bicyclic) bond motifs is 1. The van der Waals surface area contributed by atoms with Gasteiger partial charge in [0, 0.05) is 17.6 Å². The van der Waals surface area contributed by atoms with Gasteiger partial charge in [0.25, 0.3) is 5.91 Å². The van der Waals surface area contributed by atoms with Crippen LogP contribution in [0.15, 0.2) is 36.5 Å². The van der Waals surface area contributed by atoms with Crippen molar-refractivity contribution in [2.24, 2.45) is 11.8 Å². The lowest BCUT2D eigenvalue weighted by molar-refractivity contribution is -0.139. The maximum atomic E-state index is 13.4. The minimum atomic E-state index is -1.14. The van der Waals surface area contributed by atoms with E-state index in [1.165, 1.54) is 4.90 Å². The van der Waals surface area contributed by atoms with Gasteiger partial charge >= 0.3 is 12.0 Å². The van der Waals surface area contributed by atoms with Gasteiger partial charge in [0.05, 0.1) is 23.7 Å². The predicted octanol–water partition coefficient (Wildman–Crippen LogP) is 3.13. The molecule has 0 spiro atoms. The Morgan fingerprint density at radius 2 is 1.63 bits per heavy atom. The summed E-state index contributed by atoms with van der Waals surface area (Å²) in [5.41, 5.74) is 0.879. The second kappa shape index (κ2) is 14.0. The van der Waals surface area contributed by atoms with Crippen LogP contribution in [0.5, 0.6) is 0 Å². The molecule has 3 rings (SSSR count). The van der Waals surface area contributed by atoms with Crippen molar-refractivity contribution in [2.45, 2.75) is 84.5 Å². The number of amides is 4. The van der Waals surface area contributed by atoms with Gasteiger partial charge in [0.2, 0.25) is 5.91 Å². The highest BCUT2D eigenvalue weighted by atomic mass is 16.4. The normalized spacial score (nSPS) is 19.0. The van der Waals surface area contributed by atoms with Crippen LogP contribution in [0.25, 0.3) is 10.9 Å². The molecule has 41 heavy (non-hydrogen) atoms. The smallest absolute Gasteiger partial charge is 0.326 e. The van der Waals surface area contributed by atoms with Crippen molar-refractivity contribution in [3.05, 3.63) is 42.1 Å². The number of nitrogens with zero attached hydrogens (tertiary/aromatic N) is 2. The standard InChI is InChI=1S/C30H41N5O6/c1-17(2)14-23(33-27(37)21-10-6-8-20-9-7-13-31-26(20)21)28(38)32-22-12-11-19(5)35(16-25(22)36)30(41)34-24(29(39)40)15-18(3)4/h6-10,13,17-19,22-24H,11-12,14-16H2,1-5H3,(H,32,38)(H,33,37)(H,34,41)(H,39,40)/t19-,22+,23+,24+/m1/s1. The van der Waals surface area contributed by atoms with Crippen LogP contribution in [0.2, 0.25) is 0 Å². The number of urea groups is 1. The van der Waals surface area contributed by atoms with Crippen LogP contribution in [0.4, 0.5) is 4.79 Å². The molecule has 222 valence electrons. The van der Waals surface area contributed by atoms with Gasteiger partial charge < -0.3 is 26.0 Å². The zero-order valence-corrected chi connectivity index (χ0v) is 24.3. The SMILES string of the molecule is CC(C)C[C@H](NC(=O)N1CC(=O)[C@@H](NC(=O)[C@H](CC(C)C)NC(=O)c2cccc3cccnc23)CC[C@H]1C)C(=O)O. The number of carboxylic acid groups (broad SMARTS) is 1. The van der Waals surface area contributed by atoms with Crippen molar-refractivity contribution in [1.82, 2.24) is 25.8 Å². The first kappa shape index (κ1) is 31.5. The number of carboxylic acids is 1. The Balaban J connectivity index is 1.70. The number of hydrogen-bond acceptors (Lipinski definition) is 6. The topological polar surface area (TPSA) is 158 Å². The highest BCUT2D eigenvalue weighted by molar-refractivity contribution is 6.07. The molecule has 4 atom stereocenters. The summed E-state index contributed by atoms with van der Waals surface area (Å²) in [4.78, 5) is 70.1. The van der Waals surface area contributed by atoms with E-state index < -0.39 is 41.9 Å². The molecular weight excluding hydrogens is 526 g/mol. The number of pyridine rings is 1. The Morgan fingerprint density at radius 3 is 2.29 bits per heavy atom. The van der Waals surface area contributed by atoms with Gasteiger partial charge in [-0.05, 0) is 56.6 Å². The zero-order valence-electron chi connectivity index (χ0n) is 24.3. The van der Waals surface area contributed by atoms with E-state index >= 15 is 0 Å². The van der Waals surface area contributed by atoms with E-state index in [2.05, 4.69) is 20.9 Å². The van der Waals surface area contributed by atoms with Gasteiger partial charge in [-0.15, -0.1) is 0 Å². The minimum Gasteiger partial charge on any atom is -0.480 e. The summed E-state index contributed by atoms with van der Waals surface area (Å²) in [5, 5.41) is 18.5. The van der Waals surface area contributed by atoms with E-state index in [0.29, 0.717) is 30.3 Å². The summed E-state index contributed by atoms with van der Waals surface area (Å²) >= 11 is 0. The van der Waals surface area contributed by atoms with Crippen LogP contribution in [0, 0.1) is 11.8 Å². The number of Topliss-reactive ketones (excluding diaryl/α,β-unsaturated/α-hetero) is 1. The number of carbonyl (C=O) groups is 5. The Morgan fingerprint density at radius 1 is 0.976 bits per heavy atom. The molecule has 0 unspecified atom stereocenters. The summed E-state index contributed by atoms with van der Waals surface area (Å²) in [5.74, 6) is -2.28. The maximum Gasteiger partial charge on any atom is 0.326 e. The molecule has 2 heterocycles. The molecule has 11 nitrogen and oxygen atoms in total. The molecular formula is C30H41N5O6. The molecule has 0 saturated carbocycles. The molecule has 1 saturated heterocycles. The monoisotopic (exact) mass is 567 g/mol. The number of rotatable bonds is 10. The molecule has 1 aliphatic heterocycles. The van der Waals surface area contributed by atoms with E-state index in [0.717, 1.165) is 5.39 Å². The molecule has 1 aliphatic rings. The van der Waals surface area contributed by atoms with Crippen LogP contribution in [-0.2, 0) is 14.4 Å². The maximum absolute atomic E-state index is 13.4. The van der Waals surface area contributed by atoms with Crippen molar-refractivity contribution >= 4 is 40.5 Å². The van der Waals surface area contributed by atoms with Crippen LogP contribution in [-0.4, -0.2) is 75.3 Å². The molecule has 0 bridgehead atoms. The van der Waals surface area contributed by atoms with Crippen LogP contribution >= 0.6 is 0 Å². The van der Waals surface area contributed by atoms with Crippen LogP contribution < -0.4 is 16.0 Å². The number of ketones is 1. The second-order valence-corrected chi connectivity index (χ2v) is 11.6. The summed E-state index contributed by atoms with van der Waals surface area (Å²) in [7, 11) is 0. The van der Waals surface area contributed by atoms with Gasteiger partial charge in [0.15, 0.2) is 5.78 Å². The molecule has 1 aromatic carbocycles. The average molecular weight is 568 g/mol. The Labute approximate surface area is 240 Å². The minimum absolute atomic E-state index is 0.0512. The number of nitrogens with one attached hydrogen (secondary N) is 3. The lowest BCUT2D eigenvalue weighted by Crippen LogP contribution is -2.54. The predicted molar refractivity (Wildman–Crippen MR) is 154 cm³/mol. The summed E-state index contributed by atoms with van der Waals surface area (Å²) < 4.78 is 0. The van der Waals surface area contributed by atoms with E-state index in [-0.39, 0.29) is 36.6 Å². The fraction of sp³-hybridized carbons (Fsp3) is 0.533. The third-order valence-corrected chi connectivity index (χ3v) is 7.21. The van der Waals surface area contributed by atoms with Crippen LogP contribution in [0.3, 0.4) is 0 Å². The first-order chi connectivity index (χ1) is 19.4. The van der Waals surface area contributed by atoms with E-state index in [1.807, 2.05) is 39.8 Å². The number of carbonyl (C=O) groups excluding carboxylic acids is 4. The fourth-order valence-corrected chi connectivity index (χ4v) is 5.01. The lowest BCUT2D eigenvalue weighted by atomic mass is 10.0. The summed E-state index contributed by atoms with van der Waals surface area (Å²) in [6.45, 7) is 9.11. The van der Waals surface area contributed by atoms with E-state index in [9.17, 15) is 29.1 Å². The van der Waals surface area contributed by atoms with Crippen molar-refractivity contribution < 1.29 is 29.1 Å². The number of hydrogen-bond donors (Lipinski definition) is 4. The number of benzene rings is 1. The number of para-hydroxylation sites is 1. The van der Waals surface area contributed by atoms with Crippen molar-refractivity contribution in [2.75, 3.05) is 6.54 Å². The Kier molecular flexibility index (Phi) is 10.8. The average Bonchev–Trinajstić information content (AvgIpc) is 3.05. The van der Waals surface area contributed by atoms with Gasteiger partial charge in [-0.1, -0.05) is 45.9 Å². The third-order valence-electron chi connectivity index (χ3n) is 7.21. The number of aromatic nitrogens is 1. The first-order valence-corrected chi connectivity index (χ1v) is 14.1. The largest absolute Gasteiger partial charge is 0.480 e. The second-order valence-electron chi connectivity index (χ2n) is 11.6. The molecule has 11 heteroatoms. The summed E-state index contributed by atoms with van der Waals surface area (Å²) in [6, 6.07) is 5.12. The number of aliphatic carboxylic acids is 1.